The fraction of sp³-hybridized carbons (Fsp3) is 0.645. The highest BCUT2D eigenvalue weighted by Crippen LogP contribution is 2.63. The standard InChI is InChI=1S/C14H17NO2.C13H21NO2.C12H17NO2.C12H19NO2.C11H17NO2/c1-10(2)9-15-13(16)8-12(14(15)17)11-6-4-3-5-7-11;1-8(2)7-14(6)10-9(13(3,4)5)11(15)12(10)16;1-7(2)6-13(3)10-9(8-4-5-8)11(14)12(10)15;1-7(2)6-13(5)10-9(8(3)4)11(14)12(10)15;1-6(2)5-12-9(13)7-8(10(12)14)11(7,3)4/h3-7,10,12H,8-9H2,1-2H3;8H,7H2,1-6H3;7-8H,4-6H2,1-3H3;7-8H,6H2,1-5H3;6-8H,5H2,1-4H3. The van der Waals surface area contributed by atoms with Gasteiger partial charge >= 0.3 is 0 Å². The highest BCUT2D eigenvalue weighted by Gasteiger charge is 2.72. The monoisotopic (exact) mass is 1070 g/mol. The fourth-order valence-electron chi connectivity index (χ4n) is 10.9. The van der Waals surface area contributed by atoms with Crippen LogP contribution in [0.3, 0.4) is 0 Å². The molecule has 15 nitrogen and oxygen atoms in total. The minimum absolute atomic E-state index is 0.0197. The van der Waals surface area contributed by atoms with Gasteiger partial charge in [-0.25, -0.2) is 0 Å². The normalized spacial score (nSPS) is 18.7. The van der Waals surface area contributed by atoms with E-state index in [1.807, 2.05) is 142 Å². The molecular formula is C62H91N5O10. The highest BCUT2D eigenvalue weighted by atomic mass is 16.2. The van der Waals surface area contributed by atoms with Crippen LogP contribution in [0.25, 0.3) is 0 Å². The molecular weight excluding hydrogens is 975 g/mol. The maximum absolute atomic E-state index is 12.2. The predicted octanol–water partition coefficient (Wildman–Crippen LogP) is 7.89. The Morgan fingerprint density at radius 3 is 1.35 bits per heavy atom. The summed E-state index contributed by atoms with van der Waals surface area (Å²) in [7, 11) is 5.66. The number of fused-ring (bicyclic) bond motifs is 1. The van der Waals surface area contributed by atoms with Crippen molar-refractivity contribution in [3.8, 4) is 0 Å². The minimum Gasteiger partial charge on any atom is -0.371 e. The number of hydrogen-bond donors (Lipinski definition) is 0. The average Bonchev–Trinajstić information content (AvgIpc) is 4.20. The van der Waals surface area contributed by atoms with Crippen molar-refractivity contribution in [2.24, 2.45) is 46.8 Å². The summed E-state index contributed by atoms with van der Waals surface area (Å²) in [5.41, 5.74) is 3.00. The van der Waals surface area contributed by atoms with E-state index in [-0.39, 0.29) is 90.7 Å². The van der Waals surface area contributed by atoms with E-state index < -0.39 is 0 Å². The number of nitrogens with zero attached hydrogens (tertiary/aromatic N) is 5. The van der Waals surface area contributed by atoms with Crippen molar-refractivity contribution in [2.75, 3.05) is 68.6 Å². The first kappa shape index (κ1) is 63.7. The molecule has 424 valence electrons. The minimum atomic E-state index is -0.326. The van der Waals surface area contributed by atoms with Gasteiger partial charge in [0.1, 0.15) is 0 Å². The van der Waals surface area contributed by atoms with Crippen molar-refractivity contribution in [3.05, 3.63) is 114 Å². The van der Waals surface area contributed by atoms with Crippen LogP contribution < -0.4 is 47.3 Å². The van der Waals surface area contributed by atoms with Crippen molar-refractivity contribution in [3.63, 3.8) is 0 Å². The Morgan fingerprint density at radius 2 is 0.935 bits per heavy atom. The molecule has 4 fully saturated rings. The summed E-state index contributed by atoms with van der Waals surface area (Å²) >= 11 is 0. The molecule has 2 aliphatic heterocycles. The number of carbonyl (C=O) groups is 4. The number of piperidine rings is 1. The first-order valence-electron chi connectivity index (χ1n) is 27.9. The molecule has 4 amide bonds. The zero-order valence-corrected chi connectivity index (χ0v) is 50.1. The Kier molecular flexibility index (Phi) is 20.9. The van der Waals surface area contributed by atoms with Crippen LogP contribution in [0.15, 0.2) is 59.1 Å². The van der Waals surface area contributed by atoms with E-state index in [1.165, 1.54) is 9.80 Å². The van der Waals surface area contributed by atoms with Gasteiger partial charge in [0.15, 0.2) is 0 Å². The number of rotatable bonds is 16. The average molecular weight is 1070 g/mol. The number of hydrogen-bond acceptors (Lipinski definition) is 13. The number of likely N-dealkylation sites (tertiary alicyclic amines) is 2. The van der Waals surface area contributed by atoms with Crippen molar-refractivity contribution in [2.45, 2.75) is 160 Å². The van der Waals surface area contributed by atoms with Crippen molar-refractivity contribution in [1.29, 1.82) is 0 Å². The number of amides is 4. The van der Waals surface area contributed by atoms with Crippen LogP contribution in [-0.4, -0.2) is 87.3 Å². The molecule has 0 spiro atoms. The van der Waals surface area contributed by atoms with Crippen LogP contribution in [0, 0.1) is 46.8 Å². The molecule has 4 aromatic carbocycles. The van der Waals surface area contributed by atoms with E-state index in [4.69, 9.17) is 0 Å². The Balaban J connectivity index is 0.000000208. The molecule has 2 heterocycles. The molecule has 3 atom stereocenters. The topological polar surface area (TPSA) is 187 Å². The molecule has 4 aliphatic rings. The summed E-state index contributed by atoms with van der Waals surface area (Å²) in [6.07, 6.45) is 2.47. The Hall–Kier alpha value is -5.86. The van der Waals surface area contributed by atoms with E-state index in [0.29, 0.717) is 83.2 Å². The molecule has 0 radical (unpaired) electrons. The van der Waals surface area contributed by atoms with Crippen LogP contribution in [0.1, 0.15) is 177 Å². The van der Waals surface area contributed by atoms with Crippen LogP contribution in [0.4, 0.5) is 17.1 Å². The number of benzene rings is 1. The first-order valence-corrected chi connectivity index (χ1v) is 27.9. The molecule has 0 bridgehead atoms. The molecule has 0 aromatic heterocycles. The molecule has 2 saturated heterocycles. The zero-order chi connectivity index (χ0) is 58.7. The lowest BCUT2D eigenvalue weighted by Gasteiger charge is -2.30. The summed E-state index contributed by atoms with van der Waals surface area (Å²) in [5.74, 6) is 2.38. The summed E-state index contributed by atoms with van der Waals surface area (Å²) in [6.45, 7) is 38.0. The third-order valence-electron chi connectivity index (χ3n) is 14.5. The second-order valence-electron chi connectivity index (χ2n) is 26.1. The lowest BCUT2D eigenvalue weighted by molar-refractivity contribution is -0.144. The van der Waals surface area contributed by atoms with Gasteiger partial charge in [0.25, 0.3) is 0 Å². The van der Waals surface area contributed by atoms with Gasteiger partial charge in [-0.1, -0.05) is 148 Å². The third-order valence-corrected chi connectivity index (χ3v) is 14.5. The molecule has 2 saturated carbocycles. The Labute approximate surface area is 457 Å². The summed E-state index contributed by atoms with van der Waals surface area (Å²) in [6, 6.07) is 9.54. The maximum Gasteiger partial charge on any atom is 0.249 e. The van der Waals surface area contributed by atoms with Gasteiger partial charge < -0.3 is 14.7 Å². The molecule has 15 heteroatoms. The lowest BCUT2D eigenvalue weighted by Crippen LogP contribution is -2.47. The predicted molar refractivity (Wildman–Crippen MR) is 311 cm³/mol. The zero-order valence-electron chi connectivity index (χ0n) is 50.1. The Morgan fingerprint density at radius 1 is 0.519 bits per heavy atom. The quantitative estimate of drug-likeness (QED) is 0.0780. The van der Waals surface area contributed by atoms with Gasteiger partial charge in [-0.05, 0) is 70.7 Å². The van der Waals surface area contributed by atoms with E-state index in [0.717, 1.165) is 43.6 Å². The molecule has 4 aromatic rings. The Bertz CT molecular complexity index is 2850. The molecule has 77 heavy (non-hydrogen) atoms. The van der Waals surface area contributed by atoms with Crippen LogP contribution >= 0.6 is 0 Å². The maximum atomic E-state index is 12.2. The number of carbonyl (C=O) groups excluding carboxylic acids is 4. The summed E-state index contributed by atoms with van der Waals surface area (Å²) in [4.78, 5) is 125. The van der Waals surface area contributed by atoms with Crippen molar-refractivity contribution < 1.29 is 19.2 Å². The van der Waals surface area contributed by atoms with Gasteiger partial charge in [-0.15, -0.1) is 0 Å². The van der Waals surface area contributed by atoms with Crippen LogP contribution in [-0.2, 0) is 24.6 Å². The van der Waals surface area contributed by atoms with Gasteiger partial charge in [-0.2, -0.15) is 0 Å². The van der Waals surface area contributed by atoms with E-state index in [9.17, 15) is 47.9 Å². The van der Waals surface area contributed by atoms with Gasteiger partial charge in [0.2, 0.25) is 56.2 Å². The first-order chi connectivity index (χ1) is 35.5. The van der Waals surface area contributed by atoms with Gasteiger partial charge in [0, 0.05) is 77.0 Å². The second kappa shape index (κ2) is 25.3. The van der Waals surface area contributed by atoms with Crippen LogP contribution in [0.5, 0.6) is 0 Å². The molecule has 2 aliphatic carbocycles. The largest absolute Gasteiger partial charge is 0.371 e. The molecule has 0 N–H and O–H groups in total. The van der Waals surface area contributed by atoms with E-state index >= 15 is 0 Å². The van der Waals surface area contributed by atoms with Gasteiger partial charge in [-0.3, -0.25) is 57.7 Å². The third kappa shape index (κ3) is 14.6. The highest BCUT2D eigenvalue weighted by molar-refractivity contribution is 6.10. The smallest absolute Gasteiger partial charge is 0.249 e. The second-order valence-corrected chi connectivity index (χ2v) is 26.1. The van der Waals surface area contributed by atoms with Gasteiger partial charge in [0.05, 0.1) is 34.8 Å². The number of anilines is 3. The molecule has 3 unspecified atom stereocenters. The lowest BCUT2D eigenvalue weighted by atomic mass is 9.82. The van der Waals surface area contributed by atoms with Crippen molar-refractivity contribution >= 4 is 40.7 Å². The summed E-state index contributed by atoms with van der Waals surface area (Å²) < 4.78 is 0. The molecule has 8 rings (SSSR count). The number of imide groups is 2. The summed E-state index contributed by atoms with van der Waals surface area (Å²) in [5, 5.41) is 0. The SMILES string of the molecule is CC(C)CN(C)c1c(C(C)(C)C)c(=O)c1=O.CC(C)CN(C)c1c(C(C)C)c(=O)c1=O.CC(C)CN(C)c1c(C2CC2)c(=O)c1=O.CC(C)CN1C(=O)C2C(C1=O)C2(C)C.CC(C)CN1C(=O)CC(c2ccccc2)C1=O. The van der Waals surface area contributed by atoms with Crippen LogP contribution in [0.2, 0.25) is 0 Å². The van der Waals surface area contributed by atoms with E-state index in [2.05, 4.69) is 41.5 Å². The fourth-order valence-corrected chi connectivity index (χ4v) is 10.9. The van der Waals surface area contributed by atoms with Crippen molar-refractivity contribution in [1.82, 2.24) is 9.80 Å². The van der Waals surface area contributed by atoms with E-state index in [1.54, 1.807) is 0 Å².